The Hall–Kier alpha value is -0.820. The molecule has 1 aromatic rings. The molecule has 0 heterocycles. The molecule has 0 aliphatic carbocycles. The molecule has 0 aliphatic rings. The first-order valence-electron chi connectivity index (χ1n) is 5.20. The van der Waals surface area contributed by atoms with Crippen molar-refractivity contribution in [2.45, 2.75) is 25.8 Å². The molecule has 2 N–H and O–H groups in total. The van der Waals surface area contributed by atoms with Gasteiger partial charge < -0.3 is 10.4 Å². The van der Waals surface area contributed by atoms with E-state index in [0.717, 1.165) is 3.57 Å². The highest BCUT2D eigenvalue weighted by molar-refractivity contribution is 14.1. The molecule has 0 bridgehead atoms. The average molecular weight is 382 g/mol. The summed E-state index contributed by atoms with van der Waals surface area (Å²) >= 11 is 7.87. The van der Waals surface area contributed by atoms with Gasteiger partial charge in [0, 0.05) is 14.1 Å². The minimum absolute atomic E-state index is 0.143. The van der Waals surface area contributed by atoms with Crippen LogP contribution in [0.2, 0.25) is 5.02 Å². The predicted octanol–water partition coefficient (Wildman–Crippen LogP) is 2.93. The smallest absolute Gasteiger partial charge is 0.305 e. The summed E-state index contributed by atoms with van der Waals surface area (Å²) in [5, 5.41) is 11.9. The number of hydrogen-bond acceptors (Lipinski definition) is 2. The molecule has 0 atom stereocenters. The number of nitrogens with one attached hydrogen (secondary N) is 1. The zero-order chi connectivity index (χ0) is 13.9. The van der Waals surface area contributed by atoms with Gasteiger partial charge in [0.1, 0.15) is 0 Å². The van der Waals surface area contributed by atoms with Gasteiger partial charge in [0.05, 0.1) is 12.0 Å². The van der Waals surface area contributed by atoms with E-state index in [1.54, 1.807) is 32.0 Å². The van der Waals surface area contributed by atoms with E-state index in [9.17, 15) is 9.59 Å². The minimum Gasteiger partial charge on any atom is -0.481 e. The number of halogens is 2. The number of carboxylic acid groups (broad SMARTS) is 1. The van der Waals surface area contributed by atoms with Crippen LogP contribution in [0.25, 0.3) is 0 Å². The number of carbonyl (C=O) groups excluding carboxylic acids is 1. The zero-order valence-electron chi connectivity index (χ0n) is 9.96. The maximum Gasteiger partial charge on any atom is 0.305 e. The van der Waals surface area contributed by atoms with Gasteiger partial charge >= 0.3 is 5.97 Å². The molecule has 1 rings (SSSR count). The Morgan fingerprint density at radius 1 is 1.44 bits per heavy atom. The van der Waals surface area contributed by atoms with Gasteiger partial charge in [0.2, 0.25) is 0 Å². The lowest BCUT2D eigenvalue weighted by Gasteiger charge is -2.24. The van der Waals surface area contributed by atoms with Gasteiger partial charge in [-0.1, -0.05) is 11.6 Å². The number of benzene rings is 1. The summed E-state index contributed by atoms with van der Waals surface area (Å²) in [6, 6.07) is 5.00. The van der Waals surface area contributed by atoms with Crippen LogP contribution in [0.5, 0.6) is 0 Å². The number of amides is 1. The first-order chi connectivity index (χ1) is 8.21. The van der Waals surface area contributed by atoms with Crippen molar-refractivity contribution in [2.75, 3.05) is 0 Å². The van der Waals surface area contributed by atoms with Crippen molar-refractivity contribution in [1.82, 2.24) is 5.32 Å². The van der Waals surface area contributed by atoms with E-state index < -0.39 is 11.5 Å². The highest BCUT2D eigenvalue weighted by Crippen LogP contribution is 2.19. The Labute approximate surface area is 124 Å². The van der Waals surface area contributed by atoms with Gasteiger partial charge in [-0.3, -0.25) is 9.59 Å². The number of rotatable bonds is 4. The van der Waals surface area contributed by atoms with Crippen molar-refractivity contribution in [3.05, 3.63) is 32.4 Å². The molecule has 0 aromatic heterocycles. The molecule has 0 spiro atoms. The summed E-state index contributed by atoms with van der Waals surface area (Å²) in [6.45, 7) is 3.33. The molecule has 1 amide bonds. The molecule has 98 valence electrons. The highest BCUT2D eigenvalue weighted by atomic mass is 127. The molecular weight excluding hydrogens is 368 g/mol. The second-order valence-corrected chi connectivity index (χ2v) is 6.13. The fraction of sp³-hybridized carbons (Fsp3) is 0.333. The van der Waals surface area contributed by atoms with E-state index in [-0.39, 0.29) is 12.3 Å². The van der Waals surface area contributed by atoms with Crippen LogP contribution in [0.1, 0.15) is 30.6 Å². The van der Waals surface area contributed by atoms with Crippen LogP contribution in [0.15, 0.2) is 18.2 Å². The van der Waals surface area contributed by atoms with Crippen LogP contribution in [0.4, 0.5) is 0 Å². The lowest BCUT2D eigenvalue weighted by Crippen LogP contribution is -2.45. The Balaban J connectivity index is 2.88. The van der Waals surface area contributed by atoms with Crippen molar-refractivity contribution in [2.24, 2.45) is 0 Å². The third-order valence-electron chi connectivity index (χ3n) is 2.22. The molecule has 0 radical (unpaired) electrons. The van der Waals surface area contributed by atoms with E-state index in [2.05, 4.69) is 5.32 Å². The molecule has 18 heavy (non-hydrogen) atoms. The lowest BCUT2D eigenvalue weighted by atomic mass is 10.00. The summed E-state index contributed by atoms with van der Waals surface area (Å²) < 4.78 is 0.764. The van der Waals surface area contributed by atoms with E-state index in [4.69, 9.17) is 16.7 Å². The SMILES string of the molecule is CC(C)(CC(=O)O)NC(=O)c1cc(Cl)ccc1I. The Kier molecular flexibility index (Phi) is 4.98. The fourth-order valence-corrected chi connectivity index (χ4v) is 2.22. The molecule has 0 saturated heterocycles. The summed E-state index contributed by atoms with van der Waals surface area (Å²) in [7, 11) is 0. The van der Waals surface area contributed by atoms with Gasteiger partial charge in [0.25, 0.3) is 5.91 Å². The summed E-state index contributed by atoms with van der Waals surface area (Å²) in [6.07, 6.45) is -0.143. The maximum absolute atomic E-state index is 12.0. The maximum atomic E-state index is 12.0. The average Bonchev–Trinajstić information content (AvgIpc) is 2.18. The zero-order valence-corrected chi connectivity index (χ0v) is 12.9. The standard InChI is InChI=1S/C12H13ClINO3/c1-12(2,6-10(16)17)15-11(18)8-5-7(13)3-4-9(8)14/h3-5H,6H2,1-2H3,(H,15,18)(H,16,17). The number of carboxylic acids is 1. The van der Waals surface area contributed by atoms with Gasteiger partial charge in [0.15, 0.2) is 0 Å². The number of hydrogen-bond donors (Lipinski definition) is 2. The van der Waals surface area contributed by atoms with E-state index in [1.165, 1.54) is 0 Å². The predicted molar refractivity (Wildman–Crippen MR) is 78.0 cm³/mol. The van der Waals surface area contributed by atoms with E-state index in [0.29, 0.717) is 10.6 Å². The van der Waals surface area contributed by atoms with Crippen LogP contribution in [-0.2, 0) is 4.79 Å². The van der Waals surface area contributed by atoms with Gasteiger partial charge in [-0.15, -0.1) is 0 Å². The van der Waals surface area contributed by atoms with Crippen molar-refractivity contribution < 1.29 is 14.7 Å². The monoisotopic (exact) mass is 381 g/mol. The third kappa shape index (κ3) is 4.45. The Bertz CT molecular complexity index is 488. The lowest BCUT2D eigenvalue weighted by molar-refractivity contribution is -0.138. The van der Waals surface area contributed by atoms with Gasteiger partial charge in [-0.05, 0) is 54.6 Å². The normalized spacial score (nSPS) is 11.1. The van der Waals surface area contributed by atoms with Crippen molar-refractivity contribution in [3.63, 3.8) is 0 Å². The first-order valence-corrected chi connectivity index (χ1v) is 6.66. The molecule has 0 unspecified atom stereocenters. The van der Waals surface area contributed by atoms with Gasteiger partial charge in [-0.25, -0.2) is 0 Å². The van der Waals surface area contributed by atoms with Crippen LogP contribution in [-0.4, -0.2) is 22.5 Å². The van der Waals surface area contributed by atoms with Crippen LogP contribution >= 0.6 is 34.2 Å². The van der Waals surface area contributed by atoms with Crippen LogP contribution in [0, 0.1) is 3.57 Å². The topological polar surface area (TPSA) is 66.4 Å². The van der Waals surface area contributed by atoms with Crippen molar-refractivity contribution in [1.29, 1.82) is 0 Å². The van der Waals surface area contributed by atoms with Gasteiger partial charge in [-0.2, -0.15) is 0 Å². The van der Waals surface area contributed by atoms with Crippen molar-refractivity contribution in [3.8, 4) is 0 Å². The summed E-state index contributed by atoms with van der Waals surface area (Å²) in [4.78, 5) is 22.7. The fourth-order valence-electron chi connectivity index (χ4n) is 1.47. The number of aliphatic carboxylic acids is 1. The van der Waals surface area contributed by atoms with Crippen LogP contribution in [0.3, 0.4) is 0 Å². The number of carbonyl (C=O) groups is 2. The minimum atomic E-state index is -0.957. The Morgan fingerprint density at radius 2 is 2.06 bits per heavy atom. The van der Waals surface area contributed by atoms with Crippen LogP contribution < -0.4 is 5.32 Å². The van der Waals surface area contributed by atoms with E-state index >= 15 is 0 Å². The molecule has 4 nitrogen and oxygen atoms in total. The molecule has 6 heteroatoms. The largest absolute Gasteiger partial charge is 0.481 e. The Morgan fingerprint density at radius 3 is 2.61 bits per heavy atom. The molecular formula is C12H13ClINO3. The summed E-state index contributed by atoms with van der Waals surface area (Å²) in [5.41, 5.74) is -0.365. The second kappa shape index (κ2) is 5.88. The summed E-state index contributed by atoms with van der Waals surface area (Å²) in [5.74, 6) is -1.28. The second-order valence-electron chi connectivity index (χ2n) is 4.53. The molecule has 0 fully saturated rings. The highest BCUT2D eigenvalue weighted by Gasteiger charge is 2.25. The third-order valence-corrected chi connectivity index (χ3v) is 3.39. The molecule has 1 aromatic carbocycles. The molecule has 0 saturated carbocycles. The van der Waals surface area contributed by atoms with E-state index in [1.807, 2.05) is 22.6 Å². The molecule has 0 aliphatic heterocycles. The first kappa shape index (κ1) is 15.2. The van der Waals surface area contributed by atoms with Crippen molar-refractivity contribution >= 4 is 46.1 Å². The quantitative estimate of drug-likeness (QED) is 0.788.